The van der Waals surface area contributed by atoms with Crippen LogP contribution in [0.1, 0.15) is 44.3 Å². The van der Waals surface area contributed by atoms with Gasteiger partial charge in [0.1, 0.15) is 5.75 Å². The van der Waals surface area contributed by atoms with E-state index in [1.165, 1.54) is 22.0 Å². The van der Waals surface area contributed by atoms with E-state index in [1.54, 1.807) is 18.2 Å². The van der Waals surface area contributed by atoms with Gasteiger partial charge < -0.3 is 25.3 Å². The van der Waals surface area contributed by atoms with Crippen molar-refractivity contribution in [1.29, 1.82) is 0 Å². The number of phenolic OH excluding ortho intramolecular Hbond substituents is 1. The van der Waals surface area contributed by atoms with E-state index in [2.05, 4.69) is 87.0 Å². The summed E-state index contributed by atoms with van der Waals surface area (Å²) in [6.45, 7) is 2.15. The van der Waals surface area contributed by atoms with Crippen molar-refractivity contribution in [3.05, 3.63) is 137 Å². The molecular weight excluding hydrogens is 484 g/mol. The summed E-state index contributed by atoms with van der Waals surface area (Å²) in [5.74, 6) is 0.0353. The maximum absolute atomic E-state index is 12.7. The predicted molar refractivity (Wildman–Crippen MR) is 154 cm³/mol. The Morgan fingerprint density at radius 2 is 1.69 bits per heavy atom. The normalized spacial score (nSPS) is 14.7. The van der Waals surface area contributed by atoms with Crippen LogP contribution in [0.5, 0.6) is 5.75 Å². The molecule has 6 heteroatoms. The molecule has 0 aliphatic carbocycles. The highest BCUT2D eigenvalue weighted by Crippen LogP contribution is 2.38. The summed E-state index contributed by atoms with van der Waals surface area (Å²) in [5, 5.41) is 19.2. The van der Waals surface area contributed by atoms with E-state index in [-0.39, 0.29) is 17.7 Å². The summed E-state index contributed by atoms with van der Waals surface area (Å²) in [7, 11) is 0. The fraction of sp³-hybridized carbons (Fsp3) is 0.121. The average molecular weight is 513 g/mol. The number of phenols is 1. The Kier molecular flexibility index (Phi) is 5.68. The molecule has 192 valence electrons. The van der Waals surface area contributed by atoms with Crippen molar-refractivity contribution >= 4 is 27.7 Å². The van der Waals surface area contributed by atoms with Crippen LogP contribution >= 0.6 is 0 Å². The first-order chi connectivity index (χ1) is 19.1. The minimum Gasteiger partial charge on any atom is -0.508 e. The zero-order valence-electron chi connectivity index (χ0n) is 21.3. The molecule has 6 aromatic rings. The molecule has 6 nitrogen and oxygen atoms in total. The molecule has 1 aliphatic heterocycles. The van der Waals surface area contributed by atoms with Gasteiger partial charge in [-0.2, -0.15) is 0 Å². The molecule has 0 saturated carbocycles. The van der Waals surface area contributed by atoms with Crippen LogP contribution in [0.4, 0.5) is 0 Å². The average Bonchev–Trinajstić information content (AvgIpc) is 3.62. The largest absolute Gasteiger partial charge is 0.508 e. The number of hydrogen-bond donors (Lipinski definition) is 4. The smallest absolute Gasteiger partial charge is 0.252 e. The van der Waals surface area contributed by atoms with E-state index < -0.39 is 0 Å². The lowest BCUT2D eigenvalue weighted by atomic mass is 9.95. The number of nitrogens with one attached hydrogen (secondary N) is 3. The number of carbonyl (C=O) groups excluding carboxylic acids is 1. The Bertz CT molecular complexity index is 1830. The summed E-state index contributed by atoms with van der Waals surface area (Å²) in [6.07, 6.45) is 2.15. The van der Waals surface area contributed by atoms with Gasteiger partial charge in [0.25, 0.3) is 5.91 Å². The highest BCUT2D eigenvalue weighted by molar-refractivity contribution is 6.01. The molecule has 4 aromatic carbocycles. The number of aromatic hydroxyl groups is 1. The third-order valence-corrected chi connectivity index (χ3v) is 7.65. The number of H-pyrrole nitrogens is 1. The van der Waals surface area contributed by atoms with Crippen LogP contribution in [0.15, 0.2) is 103 Å². The van der Waals surface area contributed by atoms with Gasteiger partial charge in [-0.3, -0.25) is 4.79 Å². The molecule has 0 saturated heterocycles. The number of carbonyl (C=O) groups is 1. The Balaban J connectivity index is 1.15. The van der Waals surface area contributed by atoms with E-state index in [0.29, 0.717) is 18.7 Å². The standard InChI is InChI=1S/C33H28N4O2/c38-24-12-13-25-27(17-24)32(36-33(25)39)31-26-8-4-5-9-28(26)35-29(31)19-34-18-22-10-11-23-14-15-37(30(23)16-22)20-21-6-2-1-3-7-21/h1-17,32,34-35,38H,18-20H2,(H,36,39)/t32-/m0/s1. The molecule has 7 rings (SSSR count). The molecule has 39 heavy (non-hydrogen) atoms. The van der Waals surface area contributed by atoms with Crippen molar-refractivity contribution in [2.24, 2.45) is 0 Å². The fourth-order valence-electron chi connectivity index (χ4n) is 5.79. The summed E-state index contributed by atoms with van der Waals surface area (Å²) in [4.78, 5) is 16.3. The van der Waals surface area contributed by atoms with Crippen LogP contribution in [0.3, 0.4) is 0 Å². The van der Waals surface area contributed by atoms with Gasteiger partial charge in [-0.25, -0.2) is 0 Å². The van der Waals surface area contributed by atoms with Crippen molar-refractivity contribution in [1.82, 2.24) is 20.2 Å². The van der Waals surface area contributed by atoms with Gasteiger partial charge in [0, 0.05) is 59.1 Å². The molecular formula is C33H28N4O2. The molecule has 0 spiro atoms. The molecule has 1 amide bonds. The van der Waals surface area contributed by atoms with Crippen molar-refractivity contribution in [3.8, 4) is 5.75 Å². The number of aromatic amines is 1. The van der Waals surface area contributed by atoms with Crippen LogP contribution in [-0.2, 0) is 19.6 Å². The number of aromatic nitrogens is 2. The van der Waals surface area contributed by atoms with Gasteiger partial charge in [-0.15, -0.1) is 0 Å². The van der Waals surface area contributed by atoms with Gasteiger partial charge in [-0.05, 0) is 58.5 Å². The van der Waals surface area contributed by atoms with Crippen molar-refractivity contribution in [2.45, 2.75) is 25.7 Å². The van der Waals surface area contributed by atoms with Gasteiger partial charge >= 0.3 is 0 Å². The van der Waals surface area contributed by atoms with Crippen molar-refractivity contribution in [3.63, 3.8) is 0 Å². The van der Waals surface area contributed by atoms with Crippen LogP contribution in [0, 0.1) is 0 Å². The maximum atomic E-state index is 12.7. The van der Waals surface area contributed by atoms with Crippen LogP contribution in [0.2, 0.25) is 0 Å². The van der Waals surface area contributed by atoms with Gasteiger partial charge in [-0.1, -0.05) is 60.7 Å². The molecule has 0 radical (unpaired) electrons. The lowest BCUT2D eigenvalue weighted by molar-refractivity contribution is 0.0960. The third kappa shape index (κ3) is 4.25. The van der Waals surface area contributed by atoms with Gasteiger partial charge in [0.05, 0.1) is 6.04 Å². The molecule has 1 aliphatic rings. The van der Waals surface area contributed by atoms with Gasteiger partial charge in [0.15, 0.2) is 0 Å². The second-order valence-electron chi connectivity index (χ2n) is 10.2. The number of para-hydroxylation sites is 1. The molecule has 1 atom stereocenters. The van der Waals surface area contributed by atoms with E-state index in [9.17, 15) is 9.90 Å². The number of nitrogens with zero attached hydrogens (tertiary/aromatic N) is 1. The molecule has 2 aromatic heterocycles. The predicted octanol–water partition coefficient (Wildman–Crippen LogP) is 6.00. The highest BCUT2D eigenvalue weighted by Gasteiger charge is 2.33. The second-order valence-corrected chi connectivity index (χ2v) is 10.2. The van der Waals surface area contributed by atoms with Crippen LogP contribution in [-0.4, -0.2) is 20.6 Å². The second kappa shape index (κ2) is 9.49. The molecule has 0 fully saturated rings. The number of rotatable bonds is 7. The summed E-state index contributed by atoms with van der Waals surface area (Å²) in [5.41, 5.74) is 8.18. The molecule has 0 unspecified atom stereocenters. The fourth-order valence-corrected chi connectivity index (χ4v) is 5.79. The summed E-state index contributed by atoms with van der Waals surface area (Å²) in [6, 6.07) is 32.0. The first kappa shape index (κ1) is 23.3. The molecule has 4 N–H and O–H groups in total. The topological polar surface area (TPSA) is 82.1 Å². The van der Waals surface area contributed by atoms with Gasteiger partial charge in [0.2, 0.25) is 0 Å². The maximum Gasteiger partial charge on any atom is 0.252 e. The zero-order chi connectivity index (χ0) is 26.3. The van der Waals surface area contributed by atoms with E-state index >= 15 is 0 Å². The number of amides is 1. The monoisotopic (exact) mass is 512 g/mol. The quantitative estimate of drug-likeness (QED) is 0.212. The lowest BCUT2D eigenvalue weighted by Crippen LogP contribution is -2.22. The van der Waals surface area contributed by atoms with Crippen LogP contribution < -0.4 is 10.6 Å². The molecule has 0 bridgehead atoms. The minimum atomic E-state index is -0.329. The first-order valence-electron chi connectivity index (χ1n) is 13.2. The number of fused-ring (bicyclic) bond motifs is 3. The Morgan fingerprint density at radius 1 is 0.846 bits per heavy atom. The zero-order valence-corrected chi connectivity index (χ0v) is 21.3. The highest BCUT2D eigenvalue weighted by atomic mass is 16.3. The summed E-state index contributed by atoms with van der Waals surface area (Å²) >= 11 is 0. The number of benzene rings is 4. The lowest BCUT2D eigenvalue weighted by Gasteiger charge is -2.15. The third-order valence-electron chi connectivity index (χ3n) is 7.65. The summed E-state index contributed by atoms with van der Waals surface area (Å²) < 4.78 is 2.29. The Hall–Kier alpha value is -4.81. The number of hydrogen-bond acceptors (Lipinski definition) is 3. The minimum absolute atomic E-state index is 0.119. The Morgan fingerprint density at radius 3 is 2.59 bits per heavy atom. The van der Waals surface area contributed by atoms with E-state index in [0.717, 1.165) is 34.3 Å². The van der Waals surface area contributed by atoms with Crippen molar-refractivity contribution in [2.75, 3.05) is 0 Å². The van der Waals surface area contributed by atoms with E-state index in [1.807, 2.05) is 18.2 Å². The molecule has 3 heterocycles. The first-order valence-corrected chi connectivity index (χ1v) is 13.2. The van der Waals surface area contributed by atoms with Crippen molar-refractivity contribution < 1.29 is 9.90 Å². The SMILES string of the molecule is O=C1N[C@H](c2c(CNCc3ccc4ccn(Cc5ccccc5)c4c3)[nH]c3ccccc23)c2cc(O)ccc21. The Labute approximate surface area is 225 Å². The van der Waals surface area contributed by atoms with E-state index in [4.69, 9.17) is 0 Å². The van der Waals surface area contributed by atoms with Crippen LogP contribution in [0.25, 0.3) is 21.8 Å².